The number of carbonyl (C=O) groups is 1. The lowest BCUT2D eigenvalue weighted by molar-refractivity contribution is 0.0234. The predicted octanol–water partition coefficient (Wildman–Crippen LogP) is 3.27. The molecule has 0 aliphatic carbocycles. The van der Waals surface area contributed by atoms with Gasteiger partial charge in [0.1, 0.15) is 11.4 Å². The molecule has 1 atom stereocenters. The lowest BCUT2D eigenvalue weighted by Crippen LogP contribution is -2.36. The van der Waals surface area contributed by atoms with Crippen molar-refractivity contribution in [3.8, 4) is 0 Å². The molecule has 116 valence electrons. The van der Waals surface area contributed by atoms with Crippen LogP contribution in [-0.4, -0.2) is 23.1 Å². The fraction of sp³-hybridized carbons (Fsp3) is 0.562. The van der Waals surface area contributed by atoms with Gasteiger partial charge in [-0.15, -0.1) is 0 Å². The van der Waals surface area contributed by atoms with Gasteiger partial charge in [-0.05, 0) is 51.3 Å². The summed E-state index contributed by atoms with van der Waals surface area (Å²) < 4.78 is 19.5. The summed E-state index contributed by atoms with van der Waals surface area (Å²) in [5.41, 5.74) is 7.80. The van der Waals surface area contributed by atoms with Crippen LogP contribution in [0.25, 0.3) is 0 Å². The van der Waals surface area contributed by atoms with Crippen LogP contribution in [0.3, 0.4) is 0 Å². The third kappa shape index (κ3) is 3.53. The molecular formula is C16H23FN2O2. The van der Waals surface area contributed by atoms with Gasteiger partial charge in [-0.1, -0.05) is 6.07 Å². The van der Waals surface area contributed by atoms with E-state index in [4.69, 9.17) is 10.5 Å². The summed E-state index contributed by atoms with van der Waals surface area (Å²) in [6.45, 7) is 8.18. The topological polar surface area (TPSA) is 55.6 Å². The Balaban J connectivity index is 2.31. The molecule has 21 heavy (non-hydrogen) atoms. The fourth-order valence-corrected chi connectivity index (χ4v) is 2.55. The van der Waals surface area contributed by atoms with Crippen molar-refractivity contribution in [2.45, 2.75) is 52.3 Å². The molecule has 4 nitrogen and oxygen atoms in total. The highest BCUT2D eigenvalue weighted by Gasteiger charge is 2.29. The minimum absolute atomic E-state index is 0.297. The highest BCUT2D eigenvalue weighted by Crippen LogP contribution is 2.30. The molecule has 1 aliphatic heterocycles. The first kappa shape index (κ1) is 15.8. The molecular weight excluding hydrogens is 271 g/mol. The lowest BCUT2D eigenvalue weighted by Gasteiger charge is -2.27. The highest BCUT2D eigenvalue weighted by atomic mass is 19.1. The quantitative estimate of drug-likeness (QED) is 0.799. The molecule has 0 fully saturated rings. The Morgan fingerprint density at radius 1 is 1.43 bits per heavy atom. The molecule has 2 N–H and O–H groups in total. The van der Waals surface area contributed by atoms with E-state index < -0.39 is 11.6 Å². The summed E-state index contributed by atoms with van der Waals surface area (Å²) in [5.74, 6) is -0.297. The van der Waals surface area contributed by atoms with Gasteiger partial charge in [-0.2, -0.15) is 0 Å². The first-order valence-corrected chi connectivity index (χ1v) is 7.20. The zero-order valence-corrected chi connectivity index (χ0v) is 13.1. The van der Waals surface area contributed by atoms with Gasteiger partial charge in [-0.3, -0.25) is 0 Å². The highest BCUT2D eigenvalue weighted by molar-refractivity contribution is 5.68. The molecule has 0 saturated carbocycles. The van der Waals surface area contributed by atoms with Crippen LogP contribution in [0.5, 0.6) is 0 Å². The van der Waals surface area contributed by atoms with Gasteiger partial charge in [0.25, 0.3) is 0 Å². The Kier molecular flexibility index (Phi) is 4.23. The maximum absolute atomic E-state index is 14.1. The lowest BCUT2D eigenvalue weighted by atomic mass is 9.96. The number of hydrogen-bond donors (Lipinski definition) is 1. The monoisotopic (exact) mass is 294 g/mol. The molecule has 5 heteroatoms. The Morgan fingerprint density at radius 3 is 2.71 bits per heavy atom. The molecule has 1 aromatic carbocycles. The largest absolute Gasteiger partial charge is 0.444 e. The van der Waals surface area contributed by atoms with Crippen LogP contribution in [0.4, 0.5) is 9.18 Å². The van der Waals surface area contributed by atoms with E-state index in [1.807, 2.05) is 27.7 Å². The van der Waals surface area contributed by atoms with Gasteiger partial charge < -0.3 is 15.4 Å². The Labute approximate surface area is 125 Å². The van der Waals surface area contributed by atoms with Crippen LogP contribution >= 0.6 is 0 Å². The van der Waals surface area contributed by atoms with Crippen molar-refractivity contribution >= 4 is 6.09 Å². The molecule has 1 aliphatic rings. The van der Waals surface area contributed by atoms with Crippen LogP contribution in [-0.2, 0) is 11.3 Å². The molecule has 0 saturated heterocycles. The van der Waals surface area contributed by atoms with Crippen molar-refractivity contribution in [3.05, 3.63) is 34.6 Å². The van der Waals surface area contributed by atoms with E-state index in [1.54, 1.807) is 11.0 Å². The minimum Gasteiger partial charge on any atom is -0.444 e. The summed E-state index contributed by atoms with van der Waals surface area (Å²) in [6, 6.07) is 2.77. The van der Waals surface area contributed by atoms with E-state index in [0.717, 1.165) is 11.1 Å². The van der Waals surface area contributed by atoms with Gasteiger partial charge in [0.15, 0.2) is 0 Å². The summed E-state index contributed by atoms with van der Waals surface area (Å²) in [7, 11) is 0. The number of aryl methyl sites for hydroxylation is 1. The van der Waals surface area contributed by atoms with Crippen LogP contribution < -0.4 is 5.73 Å². The number of fused-ring (bicyclic) bond motifs is 1. The average molecular weight is 294 g/mol. The third-order valence-corrected chi connectivity index (χ3v) is 3.62. The van der Waals surface area contributed by atoms with E-state index in [-0.39, 0.29) is 11.9 Å². The predicted molar refractivity (Wildman–Crippen MR) is 79.3 cm³/mol. The number of halogens is 1. The minimum atomic E-state index is -0.550. The zero-order valence-electron chi connectivity index (χ0n) is 13.1. The van der Waals surface area contributed by atoms with E-state index >= 15 is 0 Å². The second-order valence-corrected chi connectivity index (χ2v) is 6.55. The van der Waals surface area contributed by atoms with Crippen LogP contribution in [0.15, 0.2) is 12.1 Å². The number of rotatable bonds is 0. The van der Waals surface area contributed by atoms with Crippen molar-refractivity contribution < 1.29 is 13.9 Å². The van der Waals surface area contributed by atoms with E-state index in [9.17, 15) is 9.18 Å². The maximum atomic E-state index is 14.1. The van der Waals surface area contributed by atoms with Crippen molar-refractivity contribution in [1.29, 1.82) is 0 Å². The SMILES string of the molecule is Cc1ccc(F)c2c1CN(C(=O)OC(C)(C)C)CC[C@H]2N. The van der Waals surface area contributed by atoms with Crippen molar-refractivity contribution in [2.75, 3.05) is 6.54 Å². The van der Waals surface area contributed by atoms with E-state index in [2.05, 4.69) is 0 Å². The van der Waals surface area contributed by atoms with Crippen molar-refractivity contribution in [2.24, 2.45) is 5.73 Å². The number of nitrogens with zero attached hydrogens (tertiary/aromatic N) is 1. The number of nitrogens with two attached hydrogens (primary N) is 1. The Hall–Kier alpha value is -1.62. The molecule has 1 amide bonds. The molecule has 2 rings (SSSR count). The molecule has 0 bridgehead atoms. The van der Waals surface area contributed by atoms with Gasteiger partial charge in [0.2, 0.25) is 0 Å². The fourth-order valence-electron chi connectivity index (χ4n) is 2.55. The van der Waals surface area contributed by atoms with E-state index in [0.29, 0.717) is 25.1 Å². The van der Waals surface area contributed by atoms with Gasteiger partial charge in [0.05, 0.1) is 0 Å². The summed E-state index contributed by atoms with van der Waals surface area (Å²) in [5, 5.41) is 0. The van der Waals surface area contributed by atoms with Gasteiger partial charge in [-0.25, -0.2) is 9.18 Å². The van der Waals surface area contributed by atoms with E-state index in [1.165, 1.54) is 6.07 Å². The normalized spacial score (nSPS) is 19.0. The number of amides is 1. The van der Waals surface area contributed by atoms with Crippen LogP contribution in [0.2, 0.25) is 0 Å². The smallest absolute Gasteiger partial charge is 0.410 e. The maximum Gasteiger partial charge on any atom is 0.410 e. The molecule has 0 aromatic heterocycles. The summed E-state index contributed by atoms with van der Waals surface area (Å²) in [6.07, 6.45) is 0.137. The second-order valence-electron chi connectivity index (χ2n) is 6.55. The number of hydrogen-bond acceptors (Lipinski definition) is 3. The summed E-state index contributed by atoms with van der Waals surface area (Å²) in [4.78, 5) is 13.8. The van der Waals surface area contributed by atoms with Gasteiger partial charge in [0, 0.05) is 24.7 Å². The number of benzene rings is 1. The molecule has 0 radical (unpaired) electrons. The Morgan fingerprint density at radius 2 is 2.10 bits per heavy atom. The molecule has 0 unspecified atom stereocenters. The Bertz CT molecular complexity index is 552. The van der Waals surface area contributed by atoms with Crippen LogP contribution in [0.1, 0.15) is 49.9 Å². The molecule has 0 spiro atoms. The van der Waals surface area contributed by atoms with Crippen LogP contribution in [0, 0.1) is 12.7 Å². The van der Waals surface area contributed by atoms with Crippen molar-refractivity contribution in [1.82, 2.24) is 4.90 Å². The molecule has 1 heterocycles. The van der Waals surface area contributed by atoms with Crippen molar-refractivity contribution in [3.63, 3.8) is 0 Å². The first-order chi connectivity index (χ1) is 9.69. The first-order valence-electron chi connectivity index (χ1n) is 7.20. The summed E-state index contributed by atoms with van der Waals surface area (Å²) >= 11 is 0. The standard InChI is InChI=1S/C16H23FN2O2/c1-10-5-6-12(17)14-11(10)9-19(8-7-13(14)18)15(20)21-16(2,3)4/h5-6,13H,7-9,18H2,1-4H3/t13-/m1/s1. The second kappa shape index (κ2) is 5.64. The average Bonchev–Trinajstić information content (AvgIpc) is 2.52. The number of ether oxygens (including phenoxy) is 1. The molecule has 1 aromatic rings. The zero-order chi connectivity index (χ0) is 15.8. The van der Waals surface area contributed by atoms with Gasteiger partial charge >= 0.3 is 6.09 Å². The third-order valence-electron chi connectivity index (χ3n) is 3.62. The number of carbonyl (C=O) groups excluding carboxylic acids is 1.